The zero-order valence-electron chi connectivity index (χ0n) is 11.7. The molecule has 0 aliphatic carbocycles. The molecule has 0 saturated carbocycles. The lowest BCUT2D eigenvalue weighted by molar-refractivity contribution is 1.02. The van der Waals surface area contributed by atoms with Gasteiger partial charge in [0.1, 0.15) is 0 Å². The minimum atomic E-state index is 0.663. The Kier molecular flexibility index (Phi) is 3.06. The van der Waals surface area contributed by atoms with Gasteiger partial charge in [0.05, 0.1) is 16.9 Å². The van der Waals surface area contributed by atoms with Gasteiger partial charge >= 0.3 is 0 Å². The van der Waals surface area contributed by atoms with Crippen molar-refractivity contribution in [1.29, 1.82) is 0 Å². The first-order chi connectivity index (χ1) is 9.59. The number of hydrogen-bond acceptors (Lipinski definition) is 3. The zero-order chi connectivity index (χ0) is 14.3. The molecule has 0 unspecified atom stereocenters. The Morgan fingerprint density at radius 3 is 2.70 bits per heavy atom. The van der Waals surface area contributed by atoms with Gasteiger partial charge in [0.15, 0.2) is 10.4 Å². The van der Waals surface area contributed by atoms with Crippen LogP contribution in [0.15, 0.2) is 36.5 Å². The van der Waals surface area contributed by atoms with Crippen LogP contribution in [0.1, 0.15) is 5.56 Å². The third-order valence-corrected chi connectivity index (χ3v) is 3.68. The third kappa shape index (κ3) is 1.91. The molecule has 2 aromatic heterocycles. The number of fused-ring (bicyclic) bond motifs is 1. The predicted octanol–water partition coefficient (Wildman–Crippen LogP) is 3.46. The van der Waals surface area contributed by atoms with E-state index >= 15 is 0 Å². The van der Waals surface area contributed by atoms with Crippen molar-refractivity contribution in [3.05, 3.63) is 46.9 Å². The number of H-pyrrole nitrogens is 1. The molecule has 2 heterocycles. The average Bonchev–Trinajstić information content (AvgIpc) is 2.76. The second kappa shape index (κ2) is 4.76. The molecule has 0 aliphatic heterocycles. The smallest absolute Gasteiger partial charge is 0.184 e. The summed E-state index contributed by atoms with van der Waals surface area (Å²) in [4.78, 5) is 9.82. The molecule has 0 bridgehead atoms. The third-order valence-electron chi connectivity index (χ3n) is 3.39. The van der Waals surface area contributed by atoms with E-state index in [1.165, 1.54) is 0 Å². The summed E-state index contributed by atoms with van der Waals surface area (Å²) in [5.74, 6) is 0. The first kappa shape index (κ1) is 12.9. The van der Waals surface area contributed by atoms with Crippen molar-refractivity contribution >= 4 is 29.1 Å². The highest BCUT2D eigenvalue weighted by Gasteiger charge is 2.13. The highest BCUT2D eigenvalue weighted by atomic mass is 32.1. The maximum Gasteiger partial charge on any atom is 0.184 e. The number of para-hydroxylation sites is 2. The molecule has 0 aliphatic rings. The molecular weight excluding hydrogens is 268 g/mol. The number of rotatable bonds is 2. The van der Waals surface area contributed by atoms with E-state index < -0.39 is 0 Å². The molecule has 1 N–H and O–H groups in total. The van der Waals surface area contributed by atoms with Crippen molar-refractivity contribution in [3.8, 4) is 5.69 Å². The van der Waals surface area contributed by atoms with Crippen molar-refractivity contribution in [3.63, 3.8) is 0 Å². The van der Waals surface area contributed by atoms with Crippen molar-refractivity contribution in [2.24, 2.45) is 0 Å². The maximum absolute atomic E-state index is 5.49. The van der Waals surface area contributed by atoms with Crippen molar-refractivity contribution < 1.29 is 0 Å². The van der Waals surface area contributed by atoms with E-state index in [1.54, 1.807) is 0 Å². The number of nitrogens with one attached hydrogen (secondary N) is 1. The average molecular weight is 284 g/mol. The summed E-state index contributed by atoms with van der Waals surface area (Å²) in [6, 6.07) is 10.2. The summed E-state index contributed by atoms with van der Waals surface area (Å²) in [5.41, 5.74) is 5.14. The standard InChI is InChI=1S/C15H16N4S/c1-10-8-9-16-14-13(10)17-15(20)19(14)12-7-5-4-6-11(12)18(2)3/h4-9H,1-3H3,(H,17,20). The van der Waals surface area contributed by atoms with Crippen LogP contribution in [0, 0.1) is 11.7 Å². The van der Waals surface area contributed by atoms with Gasteiger partial charge in [-0.3, -0.25) is 4.57 Å². The number of benzene rings is 1. The number of aromatic amines is 1. The fourth-order valence-corrected chi connectivity index (χ4v) is 2.67. The minimum absolute atomic E-state index is 0.663. The van der Waals surface area contributed by atoms with Gasteiger partial charge in [0, 0.05) is 20.3 Å². The van der Waals surface area contributed by atoms with Crippen molar-refractivity contribution in [2.75, 3.05) is 19.0 Å². The van der Waals surface area contributed by atoms with Gasteiger partial charge in [0.25, 0.3) is 0 Å². The lowest BCUT2D eigenvalue weighted by atomic mass is 10.2. The van der Waals surface area contributed by atoms with Gasteiger partial charge in [-0.15, -0.1) is 0 Å². The van der Waals surface area contributed by atoms with E-state index in [1.807, 2.05) is 43.1 Å². The van der Waals surface area contributed by atoms with E-state index in [9.17, 15) is 0 Å². The molecule has 5 heteroatoms. The van der Waals surface area contributed by atoms with Gasteiger partial charge in [-0.05, 0) is 42.9 Å². The van der Waals surface area contributed by atoms with Crippen LogP contribution < -0.4 is 4.90 Å². The van der Waals surface area contributed by atoms with Crippen LogP contribution in [0.5, 0.6) is 0 Å². The second-order valence-electron chi connectivity index (χ2n) is 4.98. The van der Waals surface area contributed by atoms with Gasteiger partial charge in [-0.2, -0.15) is 0 Å². The number of aryl methyl sites for hydroxylation is 1. The molecule has 1 aromatic carbocycles. The molecule has 3 aromatic rings. The molecule has 0 radical (unpaired) electrons. The van der Waals surface area contributed by atoms with Gasteiger partial charge in [-0.1, -0.05) is 12.1 Å². The van der Waals surface area contributed by atoms with Crippen molar-refractivity contribution in [2.45, 2.75) is 6.92 Å². The number of aromatic nitrogens is 3. The summed E-state index contributed by atoms with van der Waals surface area (Å²) >= 11 is 5.49. The Hall–Kier alpha value is -2.14. The van der Waals surface area contributed by atoms with E-state index in [4.69, 9.17) is 12.2 Å². The molecular formula is C15H16N4S. The number of pyridine rings is 1. The molecule has 0 amide bonds. The van der Waals surface area contributed by atoms with Crippen LogP contribution in [0.3, 0.4) is 0 Å². The van der Waals surface area contributed by atoms with E-state index in [0.717, 1.165) is 28.1 Å². The molecule has 0 fully saturated rings. The lowest BCUT2D eigenvalue weighted by Gasteiger charge is -2.17. The van der Waals surface area contributed by atoms with Gasteiger partial charge in [-0.25, -0.2) is 4.98 Å². The fourth-order valence-electron chi connectivity index (χ4n) is 2.38. The molecule has 3 rings (SSSR count). The monoisotopic (exact) mass is 284 g/mol. The topological polar surface area (TPSA) is 36.9 Å². The molecule has 102 valence electrons. The lowest BCUT2D eigenvalue weighted by Crippen LogP contribution is -2.12. The van der Waals surface area contributed by atoms with Crippen LogP contribution in [0.25, 0.3) is 16.9 Å². The second-order valence-corrected chi connectivity index (χ2v) is 5.36. The highest BCUT2D eigenvalue weighted by Crippen LogP contribution is 2.26. The minimum Gasteiger partial charge on any atom is -0.376 e. The van der Waals surface area contributed by atoms with Gasteiger partial charge < -0.3 is 9.88 Å². The quantitative estimate of drug-likeness (QED) is 0.732. The largest absolute Gasteiger partial charge is 0.376 e. The van der Waals surface area contributed by atoms with Crippen LogP contribution in [0.2, 0.25) is 0 Å². The van der Waals surface area contributed by atoms with Crippen LogP contribution in [-0.2, 0) is 0 Å². The Labute approximate surface area is 122 Å². The van der Waals surface area contributed by atoms with Crippen LogP contribution >= 0.6 is 12.2 Å². The summed E-state index contributed by atoms with van der Waals surface area (Å²) < 4.78 is 2.66. The Balaban J connectivity index is 2.39. The van der Waals surface area contributed by atoms with E-state index in [-0.39, 0.29) is 0 Å². The number of imidazole rings is 1. The number of hydrogen-bond donors (Lipinski definition) is 1. The molecule has 0 atom stereocenters. The summed E-state index contributed by atoms with van der Waals surface area (Å²) in [6.45, 7) is 2.05. The number of nitrogens with zero attached hydrogens (tertiary/aromatic N) is 3. The molecule has 20 heavy (non-hydrogen) atoms. The normalized spacial score (nSPS) is 10.9. The van der Waals surface area contributed by atoms with Crippen molar-refractivity contribution in [1.82, 2.24) is 14.5 Å². The molecule has 0 spiro atoms. The molecule has 4 nitrogen and oxygen atoms in total. The van der Waals surface area contributed by atoms with E-state index in [0.29, 0.717) is 4.77 Å². The fraction of sp³-hybridized carbons (Fsp3) is 0.200. The predicted molar refractivity (Wildman–Crippen MR) is 85.3 cm³/mol. The first-order valence-corrected chi connectivity index (χ1v) is 6.83. The zero-order valence-corrected chi connectivity index (χ0v) is 12.5. The Morgan fingerprint density at radius 2 is 1.95 bits per heavy atom. The highest BCUT2D eigenvalue weighted by molar-refractivity contribution is 7.71. The van der Waals surface area contributed by atoms with Crippen LogP contribution in [-0.4, -0.2) is 28.6 Å². The first-order valence-electron chi connectivity index (χ1n) is 6.42. The Bertz CT molecular complexity index is 829. The summed E-state index contributed by atoms with van der Waals surface area (Å²) in [7, 11) is 4.05. The maximum atomic E-state index is 5.49. The summed E-state index contributed by atoms with van der Waals surface area (Å²) in [6.07, 6.45) is 1.81. The SMILES string of the molecule is Cc1ccnc2c1[nH]c(=S)n2-c1ccccc1N(C)C. The Morgan fingerprint density at radius 1 is 1.20 bits per heavy atom. The van der Waals surface area contributed by atoms with E-state index in [2.05, 4.69) is 33.9 Å². The number of anilines is 1. The summed E-state index contributed by atoms with van der Waals surface area (Å²) in [5, 5.41) is 0. The van der Waals surface area contributed by atoms with Crippen LogP contribution in [0.4, 0.5) is 5.69 Å². The van der Waals surface area contributed by atoms with Gasteiger partial charge in [0.2, 0.25) is 0 Å². The molecule has 0 saturated heterocycles.